The highest BCUT2D eigenvalue weighted by Gasteiger charge is 2.17. The number of anilines is 1. The van der Waals surface area contributed by atoms with Crippen LogP contribution in [0.25, 0.3) is 0 Å². The molecule has 100 valence electrons. The van der Waals surface area contributed by atoms with E-state index in [2.05, 4.69) is 28.2 Å². The molecule has 0 amide bonds. The number of β-amino-alcohol motifs (C(OH)–C–C–N with tert-alkyl or cyclic N) is 1. The Labute approximate surface area is 109 Å². The van der Waals surface area contributed by atoms with Crippen molar-refractivity contribution < 1.29 is 5.11 Å². The summed E-state index contributed by atoms with van der Waals surface area (Å²) in [7, 11) is 0. The first-order valence-electron chi connectivity index (χ1n) is 6.87. The van der Waals surface area contributed by atoms with Crippen LogP contribution >= 0.6 is 0 Å². The average Bonchev–Trinajstić information content (AvgIpc) is 2.37. The lowest BCUT2D eigenvalue weighted by Gasteiger charge is -2.29. The average molecular weight is 249 g/mol. The van der Waals surface area contributed by atoms with E-state index in [4.69, 9.17) is 0 Å². The summed E-state index contributed by atoms with van der Waals surface area (Å²) in [5.41, 5.74) is 2.21. The Hall–Kier alpha value is -1.13. The highest BCUT2D eigenvalue weighted by Crippen LogP contribution is 2.14. The summed E-state index contributed by atoms with van der Waals surface area (Å²) in [5, 5.41) is 13.0. The van der Waals surface area contributed by atoms with E-state index in [1.54, 1.807) is 0 Å². The lowest BCUT2D eigenvalue weighted by atomic mass is 10.1. The lowest BCUT2D eigenvalue weighted by Crippen LogP contribution is -2.37. The number of aliphatic hydroxyl groups excluding tert-OH is 1. The third-order valence-corrected chi connectivity index (χ3v) is 3.26. The van der Waals surface area contributed by atoms with Crippen molar-refractivity contribution in [3.8, 4) is 0 Å². The summed E-state index contributed by atoms with van der Waals surface area (Å²) in [6.45, 7) is 5.81. The fourth-order valence-electron chi connectivity index (χ4n) is 2.35. The Morgan fingerprint density at radius 1 is 1.56 bits per heavy atom. The molecule has 1 aliphatic heterocycles. The summed E-state index contributed by atoms with van der Waals surface area (Å²) in [6.07, 6.45) is 4.82. The zero-order valence-electron chi connectivity index (χ0n) is 11.1. The lowest BCUT2D eigenvalue weighted by molar-refractivity contribution is 0.0662. The van der Waals surface area contributed by atoms with Crippen LogP contribution in [0.4, 0.5) is 5.69 Å². The minimum Gasteiger partial charge on any atom is -0.392 e. The fourth-order valence-corrected chi connectivity index (χ4v) is 2.35. The maximum atomic E-state index is 9.65. The molecule has 4 nitrogen and oxygen atoms in total. The molecule has 0 aliphatic carbocycles. The molecule has 1 atom stereocenters. The molecule has 4 heteroatoms. The van der Waals surface area contributed by atoms with E-state index in [-0.39, 0.29) is 6.10 Å². The van der Waals surface area contributed by atoms with E-state index in [9.17, 15) is 5.11 Å². The van der Waals surface area contributed by atoms with Gasteiger partial charge in [0.2, 0.25) is 0 Å². The zero-order valence-corrected chi connectivity index (χ0v) is 11.1. The Bertz CT molecular complexity index is 370. The second-order valence-electron chi connectivity index (χ2n) is 4.99. The van der Waals surface area contributed by atoms with Crippen molar-refractivity contribution in [2.45, 2.75) is 38.8 Å². The van der Waals surface area contributed by atoms with Crippen LogP contribution in [0.15, 0.2) is 18.3 Å². The molecule has 1 unspecified atom stereocenters. The van der Waals surface area contributed by atoms with Gasteiger partial charge >= 0.3 is 0 Å². The van der Waals surface area contributed by atoms with Crippen LogP contribution in [-0.2, 0) is 6.54 Å². The molecule has 2 heterocycles. The quantitative estimate of drug-likeness (QED) is 0.836. The van der Waals surface area contributed by atoms with E-state index in [0.717, 1.165) is 56.8 Å². The van der Waals surface area contributed by atoms with Gasteiger partial charge in [-0.15, -0.1) is 0 Å². The Morgan fingerprint density at radius 2 is 2.44 bits per heavy atom. The van der Waals surface area contributed by atoms with Gasteiger partial charge in [0.25, 0.3) is 0 Å². The number of aromatic nitrogens is 1. The van der Waals surface area contributed by atoms with Crippen molar-refractivity contribution in [2.24, 2.45) is 0 Å². The van der Waals surface area contributed by atoms with Crippen molar-refractivity contribution in [1.29, 1.82) is 0 Å². The first kappa shape index (κ1) is 13.3. The van der Waals surface area contributed by atoms with Gasteiger partial charge in [-0.2, -0.15) is 0 Å². The van der Waals surface area contributed by atoms with E-state index in [1.807, 2.05) is 12.3 Å². The number of nitrogens with zero attached hydrogens (tertiary/aromatic N) is 2. The maximum absolute atomic E-state index is 9.65. The van der Waals surface area contributed by atoms with Crippen LogP contribution < -0.4 is 5.32 Å². The van der Waals surface area contributed by atoms with Crippen molar-refractivity contribution in [2.75, 3.05) is 25.0 Å². The third-order valence-electron chi connectivity index (χ3n) is 3.26. The van der Waals surface area contributed by atoms with Gasteiger partial charge in [-0.05, 0) is 37.9 Å². The SMILES string of the molecule is CCCNc1ccnc(CN2CCCC(O)C2)c1. The summed E-state index contributed by atoms with van der Waals surface area (Å²) in [4.78, 5) is 6.68. The number of nitrogens with one attached hydrogen (secondary N) is 1. The van der Waals surface area contributed by atoms with Gasteiger partial charge in [-0.1, -0.05) is 6.92 Å². The number of hydrogen-bond donors (Lipinski definition) is 2. The first-order valence-corrected chi connectivity index (χ1v) is 6.87. The van der Waals surface area contributed by atoms with Crippen molar-refractivity contribution in [3.05, 3.63) is 24.0 Å². The molecule has 0 saturated carbocycles. The predicted octanol–water partition coefficient (Wildman–Crippen LogP) is 1.86. The predicted molar refractivity (Wildman–Crippen MR) is 73.5 cm³/mol. The van der Waals surface area contributed by atoms with Gasteiger partial charge < -0.3 is 10.4 Å². The van der Waals surface area contributed by atoms with Gasteiger partial charge in [0.05, 0.1) is 11.8 Å². The van der Waals surface area contributed by atoms with Crippen LogP contribution in [0, 0.1) is 0 Å². The molecule has 18 heavy (non-hydrogen) atoms. The molecule has 1 aromatic rings. The Morgan fingerprint density at radius 3 is 3.22 bits per heavy atom. The largest absolute Gasteiger partial charge is 0.392 e. The van der Waals surface area contributed by atoms with Gasteiger partial charge in [-0.3, -0.25) is 9.88 Å². The van der Waals surface area contributed by atoms with Crippen LogP contribution in [0.1, 0.15) is 31.9 Å². The Kier molecular flexibility index (Phi) is 4.96. The zero-order chi connectivity index (χ0) is 12.8. The maximum Gasteiger partial charge on any atom is 0.0667 e. The summed E-state index contributed by atoms with van der Waals surface area (Å²) >= 11 is 0. The molecule has 0 aromatic carbocycles. The van der Waals surface area contributed by atoms with Gasteiger partial charge in [0, 0.05) is 31.5 Å². The molecule has 2 N–H and O–H groups in total. The standard InChI is InChI=1S/C14H23N3O/c1-2-6-15-12-5-7-16-13(9-12)10-17-8-3-4-14(18)11-17/h5,7,9,14,18H,2-4,6,8,10-11H2,1H3,(H,15,16). The van der Waals surface area contributed by atoms with E-state index in [0.29, 0.717) is 0 Å². The van der Waals surface area contributed by atoms with Crippen LogP contribution in [0.3, 0.4) is 0 Å². The van der Waals surface area contributed by atoms with Crippen LogP contribution in [0.2, 0.25) is 0 Å². The third kappa shape index (κ3) is 3.96. The normalized spacial score (nSPS) is 20.9. The van der Waals surface area contributed by atoms with E-state index in [1.165, 1.54) is 0 Å². The summed E-state index contributed by atoms with van der Waals surface area (Å²) in [5.74, 6) is 0. The molecule has 1 saturated heterocycles. The van der Waals surface area contributed by atoms with Crippen molar-refractivity contribution >= 4 is 5.69 Å². The number of piperidine rings is 1. The van der Waals surface area contributed by atoms with Crippen molar-refractivity contribution in [3.63, 3.8) is 0 Å². The first-order chi connectivity index (χ1) is 8.78. The monoisotopic (exact) mass is 249 g/mol. The molecule has 1 aliphatic rings. The number of likely N-dealkylation sites (tertiary alicyclic amines) is 1. The van der Waals surface area contributed by atoms with Crippen LogP contribution in [-0.4, -0.2) is 40.7 Å². The smallest absolute Gasteiger partial charge is 0.0667 e. The minimum atomic E-state index is -0.167. The molecular weight excluding hydrogens is 226 g/mol. The number of hydrogen-bond acceptors (Lipinski definition) is 4. The van der Waals surface area contributed by atoms with Gasteiger partial charge in [0.1, 0.15) is 0 Å². The minimum absolute atomic E-state index is 0.167. The Balaban J connectivity index is 1.91. The molecule has 0 bridgehead atoms. The second-order valence-corrected chi connectivity index (χ2v) is 4.99. The highest BCUT2D eigenvalue weighted by molar-refractivity contribution is 5.43. The molecule has 1 aromatic heterocycles. The van der Waals surface area contributed by atoms with Gasteiger partial charge in [-0.25, -0.2) is 0 Å². The number of aliphatic hydroxyl groups is 1. The van der Waals surface area contributed by atoms with Gasteiger partial charge in [0.15, 0.2) is 0 Å². The van der Waals surface area contributed by atoms with E-state index >= 15 is 0 Å². The summed E-state index contributed by atoms with van der Waals surface area (Å²) in [6, 6.07) is 4.11. The number of pyridine rings is 1. The molecule has 0 radical (unpaired) electrons. The van der Waals surface area contributed by atoms with Crippen molar-refractivity contribution in [1.82, 2.24) is 9.88 Å². The molecule has 2 rings (SSSR count). The highest BCUT2D eigenvalue weighted by atomic mass is 16.3. The topological polar surface area (TPSA) is 48.4 Å². The molecular formula is C14H23N3O. The number of rotatable bonds is 5. The fraction of sp³-hybridized carbons (Fsp3) is 0.643. The summed E-state index contributed by atoms with van der Waals surface area (Å²) < 4.78 is 0. The van der Waals surface area contributed by atoms with Crippen LogP contribution in [0.5, 0.6) is 0 Å². The van der Waals surface area contributed by atoms with E-state index < -0.39 is 0 Å². The molecule has 1 fully saturated rings. The molecule has 0 spiro atoms. The second kappa shape index (κ2) is 6.71.